The first-order chi connectivity index (χ1) is 10.7. The van der Waals surface area contributed by atoms with E-state index in [1.165, 1.54) is 24.4 Å². The highest BCUT2D eigenvalue weighted by Gasteiger charge is 2.15. The number of amides is 1. The van der Waals surface area contributed by atoms with Gasteiger partial charge >= 0.3 is 0 Å². The van der Waals surface area contributed by atoms with Crippen LogP contribution in [0.2, 0.25) is 0 Å². The smallest absolute Gasteiger partial charge is 0.276 e. The first-order valence-electron chi connectivity index (χ1n) is 6.42. The Kier molecular flexibility index (Phi) is 3.52. The molecule has 0 bridgehead atoms. The van der Waals surface area contributed by atoms with E-state index < -0.39 is 0 Å². The maximum absolute atomic E-state index is 12.2. The summed E-state index contributed by atoms with van der Waals surface area (Å²) in [5.41, 5.74) is 2.29. The van der Waals surface area contributed by atoms with Crippen molar-refractivity contribution >= 4 is 11.6 Å². The number of tetrazole rings is 1. The highest BCUT2D eigenvalue weighted by atomic mass is 16.5. The van der Waals surface area contributed by atoms with Gasteiger partial charge in [0, 0.05) is 11.8 Å². The fourth-order valence-corrected chi connectivity index (χ4v) is 1.97. The minimum atomic E-state index is -0.313. The Morgan fingerprint density at radius 2 is 2.27 bits per heavy atom. The van der Waals surface area contributed by atoms with Gasteiger partial charge in [-0.2, -0.15) is 0 Å². The number of methoxy groups -OCH3 is 1. The molecule has 9 heteroatoms. The number of ether oxygens (including phenoxy) is 1. The van der Waals surface area contributed by atoms with Gasteiger partial charge in [0.25, 0.3) is 5.91 Å². The summed E-state index contributed by atoms with van der Waals surface area (Å²) >= 11 is 0. The largest absolute Gasteiger partial charge is 0.494 e. The predicted octanol–water partition coefficient (Wildman–Crippen LogP) is 0.955. The summed E-state index contributed by atoms with van der Waals surface area (Å²) < 4.78 is 6.80. The number of imidazole rings is 1. The second kappa shape index (κ2) is 5.64. The number of nitrogens with one attached hydrogen (secondary N) is 2. The average molecular weight is 299 g/mol. The third kappa shape index (κ3) is 2.51. The second-order valence-electron chi connectivity index (χ2n) is 4.47. The molecule has 0 atom stereocenters. The minimum absolute atomic E-state index is 0.313. The lowest BCUT2D eigenvalue weighted by Crippen LogP contribution is -2.14. The van der Waals surface area contributed by atoms with Gasteiger partial charge in [0.05, 0.1) is 24.8 Å². The molecule has 0 fully saturated rings. The number of aromatic amines is 1. The Balaban J connectivity index is 1.88. The summed E-state index contributed by atoms with van der Waals surface area (Å²) in [6, 6.07) is 5.21. The maximum atomic E-state index is 12.2. The Morgan fingerprint density at radius 1 is 1.41 bits per heavy atom. The fraction of sp³-hybridized carbons (Fsp3) is 0.154. The van der Waals surface area contributed by atoms with E-state index in [2.05, 4.69) is 30.8 Å². The van der Waals surface area contributed by atoms with Crippen LogP contribution in [0.3, 0.4) is 0 Å². The highest BCUT2D eigenvalue weighted by molar-refractivity contribution is 6.04. The summed E-state index contributed by atoms with van der Waals surface area (Å²) in [5.74, 6) is 0.182. The Morgan fingerprint density at radius 3 is 2.91 bits per heavy atom. The molecule has 0 saturated carbocycles. The van der Waals surface area contributed by atoms with Crippen molar-refractivity contribution in [2.75, 3.05) is 12.4 Å². The first kappa shape index (κ1) is 13.7. The van der Waals surface area contributed by atoms with Crippen LogP contribution in [0, 0.1) is 6.92 Å². The van der Waals surface area contributed by atoms with Crippen molar-refractivity contribution in [3.05, 3.63) is 42.2 Å². The molecule has 112 valence electrons. The zero-order valence-electron chi connectivity index (χ0n) is 11.9. The van der Waals surface area contributed by atoms with Gasteiger partial charge in [0.2, 0.25) is 0 Å². The molecule has 0 radical (unpaired) electrons. The van der Waals surface area contributed by atoms with E-state index in [4.69, 9.17) is 4.74 Å². The zero-order valence-corrected chi connectivity index (χ0v) is 11.9. The van der Waals surface area contributed by atoms with Crippen molar-refractivity contribution in [3.8, 4) is 11.4 Å². The molecule has 0 spiro atoms. The molecule has 0 aliphatic carbocycles. The van der Waals surface area contributed by atoms with Crippen LogP contribution in [-0.2, 0) is 0 Å². The van der Waals surface area contributed by atoms with Crippen molar-refractivity contribution in [1.82, 2.24) is 30.2 Å². The van der Waals surface area contributed by atoms with Crippen molar-refractivity contribution in [2.45, 2.75) is 6.92 Å². The minimum Gasteiger partial charge on any atom is -0.494 e. The van der Waals surface area contributed by atoms with Gasteiger partial charge in [-0.15, -0.1) is 5.10 Å². The third-order valence-electron chi connectivity index (χ3n) is 3.09. The van der Waals surface area contributed by atoms with E-state index in [1.807, 2.05) is 0 Å². The molecule has 1 aromatic carbocycles. The van der Waals surface area contributed by atoms with Crippen molar-refractivity contribution in [1.29, 1.82) is 0 Å². The Hall–Kier alpha value is -3.23. The van der Waals surface area contributed by atoms with Crippen LogP contribution in [0.25, 0.3) is 5.69 Å². The molecule has 0 saturated heterocycles. The number of nitrogens with zero attached hydrogens (tertiary/aromatic N) is 5. The van der Waals surface area contributed by atoms with Gasteiger partial charge in [-0.25, -0.2) is 9.67 Å². The summed E-state index contributed by atoms with van der Waals surface area (Å²) in [6.45, 7) is 1.78. The molecular weight excluding hydrogens is 286 g/mol. The first-order valence-corrected chi connectivity index (χ1v) is 6.42. The summed E-state index contributed by atoms with van der Waals surface area (Å²) in [5, 5.41) is 13.7. The van der Waals surface area contributed by atoms with Crippen molar-refractivity contribution in [3.63, 3.8) is 0 Å². The molecule has 0 unspecified atom stereocenters. The second-order valence-corrected chi connectivity index (χ2v) is 4.47. The molecule has 2 aromatic heterocycles. The number of benzene rings is 1. The normalized spacial score (nSPS) is 10.5. The summed E-state index contributed by atoms with van der Waals surface area (Å²) in [7, 11) is 1.52. The zero-order chi connectivity index (χ0) is 15.5. The number of aromatic nitrogens is 6. The van der Waals surface area contributed by atoms with Crippen LogP contribution < -0.4 is 10.1 Å². The number of hydrogen-bond donors (Lipinski definition) is 2. The number of hydrogen-bond acceptors (Lipinski definition) is 6. The van der Waals surface area contributed by atoms with Crippen LogP contribution >= 0.6 is 0 Å². The topological polar surface area (TPSA) is 111 Å². The fourth-order valence-electron chi connectivity index (χ4n) is 1.97. The molecule has 1 amide bonds. The van der Waals surface area contributed by atoms with Crippen LogP contribution in [0.5, 0.6) is 5.75 Å². The van der Waals surface area contributed by atoms with E-state index in [1.54, 1.807) is 25.1 Å². The van der Waals surface area contributed by atoms with Gasteiger partial charge < -0.3 is 15.0 Å². The number of rotatable bonds is 4. The van der Waals surface area contributed by atoms with E-state index in [9.17, 15) is 4.79 Å². The molecule has 0 aliphatic heterocycles. The van der Waals surface area contributed by atoms with Crippen LogP contribution in [0.15, 0.2) is 30.9 Å². The quantitative estimate of drug-likeness (QED) is 0.742. The number of aryl methyl sites for hydroxylation is 1. The van der Waals surface area contributed by atoms with E-state index in [0.29, 0.717) is 22.8 Å². The van der Waals surface area contributed by atoms with E-state index in [0.717, 1.165) is 5.69 Å². The van der Waals surface area contributed by atoms with Gasteiger partial charge in [-0.05, 0) is 29.5 Å². The van der Waals surface area contributed by atoms with E-state index >= 15 is 0 Å². The monoisotopic (exact) mass is 299 g/mol. The van der Waals surface area contributed by atoms with Gasteiger partial charge in [-0.1, -0.05) is 0 Å². The molecular formula is C13H13N7O2. The molecule has 2 N–H and O–H groups in total. The molecule has 3 rings (SSSR count). The Bertz CT molecular complexity index is 795. The van der Waals surface area contributed by atoms with Gasteiger partial charge in [0.1, 0.15) is 17.8 Å². The predicted molar refractivity (Wildman–Crippen MR) is 77.0 cm³/mol. The van der Waals surface area contributed by atoms with E-state index in [-0.39, 0.29) is 5.91 Å². The lowest BCUT2D eigenvalue weighted by molar-refractivity contribution is 0.102. The SMILES string of the molecule is COc1cc(-n2cnnn2)ccc1NC(=O)c1nc[nH]c1C. The number of carbonyl (C=O) groups is 1. The lowest BCUT2D eigenvalue weighted by atomic mass is 10.2. The number of H-pyrrole nitrogens is 1. The molecule has 22 heavy (non-hydrogen) atoms. The summed E-state index contributed by atoms with van der Waals surface area (Å²) in [6.07, 6.45) is 2.95. The van der Waals surface area contributed by atoms with Crippen LogP contribution in [0.4, 0.5) is 5.69 Å². The van der Waals surface area contributed by atoms with Crippen LogP contribution in [-0.4, -0.2) is 43.2 Å². The maximum Gasteiger partial charge on any atom is 0.276 e. The molecule has 3 aromatic rings. The molecule has 2 heterocycles. The lowest BCUT2D eigenvalue weighted by Gasteiger charge is -2.11. The summed E-state index contributed by atoms with van der Waals surface area (Å²) in [4.78, 5) is 19.0. The molecule has 0 aliphatic rings. The van der Waals surface area contributed by atoms with Gasteiger partial charge in [0.15, 0.2) is 0 Å². The average Bonchev–Trinajstić information content (AvgIpc) is 3.18. The Labute approximate surface area is 125 Å². The van der Waals surface area contributed by atoms with Crippen molar-refractivity contribution < 1.29 is 9.53 Å². The highest BCUT2D eigenvalue weighted by Crippen LogP contribution is 2.27. The number of anilines is 1. The molecule has 9 nitrogen and oxygen atoms in total. The third-order valence-corrected chi connectivity index (χ3v) is 3.09. The number of carbonyl (C=O) groups excluding carboxylic acids is 1. The van der Waals surface area contributed by atoms with Crippen molar-refractivity contribution in [2.24, 2.45) is 0 Å². The standard InChI is InChI=1S/C13H13N7O2/c1-8-12(15-6-14-8)13(21)17-10-4-3-9(5-11(10)22-2)20-7-16-18-19-20/h3-7H,1-2H3,(H,14,15)(H,17,21). The van der Waals surface area contributed by atoms with Crippen LogP contribution in [0.1, 0.15) is 16.2 Å². The van der Waals surface area contributed by atoms with Gasteiger partial charge in [-0.3, -0.25) is 4.79 Å².